The van der Waals surface area contributed by atoms with E-state index in [-0.39, 0.29) is 18.1 Å². The minimum Gasteiger partial charge on any atom is -0.369 e. The molecule has 0 bridgehead atoms. The molecule has 11 heteroatoms. The molecule has 8 nitrogen and oxygen atoms in total. The summed E-state index contributed by atoms with van der Waals surface area (Å²) in [5, 5.41) is 11.0. The molecule has 0 saturated carbocycles. The van der Waals surface area contributed by atoms with Crippen molar-refractivity contribution < 1.29 is 14.1 Å². The first-order chi connectivity index (χ1) is 12.5. The number of carbonyl (C=O) groups excluding carboxylic acids is 2. The summed E-state index contributed by atoms with van der Waals surface area (Å²) in [5.41, 5.74) is 6.80. The summed E-state index contributed by atoms with van der Waals surface area (Å²) < 4.78 is 6.03. The number of thiazole rings is 1. The molecule has 3 aromatic heterocycles. The first-order valence-electron chi connectivity index (χ1n) is 7.55. The number of nitrogens with one attached hydrogen (secondary N) is 1. The van der Waals surface area contributed by atoms with Crippen LogP contribution in [0, 0.1) is 6.92 Å². The summed E-state index contributed by atoms with van der Waals surface area (Å²) in [6, 6.07) is 1.91. The Labute approximate surface area is 161 Å². The van der Waals surface area contributed by atoms with Crippen molar-refractivity contribution >= 4 is 51.4 Å². The lowest BCUT2D eigenvalue weighted by Crippen LogP contribution is -2.12. The van der Waals surface area contributed by atoms with Gasteiger partial charge < -0.3 is 15.6 Å². The van der Waals surface area contributed by atoms with Crippen LogP contribution in [-0.4, -0.2) is 32.7 Å². The maximum Gasteiger partial charge on any atom is 0.227 e. The second kappa shape index (κ2) is 8.43. The lowest BCUT2D eigenvalue weighted by atomic mass is 10.3. The molecule has 3 rings (SSSR count). The van der Waals surface area contributed by atoms with Gasteiger partial charge in [-0.3, -0.25) is 9.59 Å². The predicted octanol–water partition coefficient (Wildman–Crippen LogP) is 2.71. The fraction of sp³-hybridized carbons (Fsp3) is 0.267. The van der Waals surface area contributed by atoms with E-state index >= 15 is 0 Å². The molecule has 0 aromatic carbocycles. The highest BCUT2D eigenvalue weighted by Crippen LogP contribution is 2.31. The molecule has 0 aliphatic rings. The Morgan fingerprint density at radius 1 is 1.38 bits per heavy atom. The second-order valence-electron chi connectivity index (χ2n) is 5.22. The highest BCUT2D eigenvalue weighted by molar-refractivity contribution is 8.01. The fourth-order valence-electron chi connectivity index (χ4n) is 1.97. The van der Waals surface area contributed by atoms with Gasteiger partial charge >= 0.3 is 0 Å². The molecule has 0 fully saturated rings. The first kappa shape index (κ1) is 18.5. The smallest absolute Gasteiger partial charge is 0.227 e. The number of nitrogens with zero attached hydrogens (tertiary/aromatic N) is 3. The summed E-state index contributed by atoms with van der Waals surface area (Å²) in [6.45, 7) is 1.82. The van der Waals surface area contributed by atoms with Crippen molar-refractivity contribution in [3.63, 3.8) is 0 Å². The number of anilines is 1. The Kier molecular flexibility index (Phi) is 6.01. The zero-order valence-electron chi connectivity index (χ0n) is 13.7. The maximum atomic E-state index is 12.1. The van der Waals surface area contributed by atoms with Crippen molar-refractivity contribution in [1.82, 2.24) is 15.1 Å². The topological polar surface area (TPSA) is 124 Å². The Morgan fingerprint density at radius 2 is 2.23 bits per heavy atom. The zero-order valence-corrected chi connectivity index (χ0v) is 16.2. The van der Waals surface area contributed by atoms with Gasteiger partial charge in [-0.25, -0.2) is 4.98 Å². The summed E-state index contributed by atoms with van der Waals surface area (Å²) in [6.07, 6.45) is 0.546. The minimum absolute atomic E-state index is 0.181. The number of amides is 2. The molecule has 2 amide bonds. The predicted molar refractivity (Wildman–Crippen MR) is 101 cm³/mol. The molecule has 0 aliphatic carbocycles. The summed E-state index contributed by atoms with van der Waals surface area (Å²) in [4.78, 5) is 31.5. The summed E-state index contributed by atoms with van der Waals surface area (Å²) >= 11 is 4.18. The molecule has 0 unspecified atom stereocenters. The van der Waals surface area contributed by atoms with E-state index in [4.69, 9.17) is 10.3 Å². The molecule has 0 spiro atoms. The number of hydrogen-bond donors (Lipinski definition) is 2. The third-order valence-corrected chi connectivity index (χ3v) is 6.30. The lowest BCUT2D eigenvalue weighted by molar-refractivity contribution is -0.116. The molecule has 0 radical (unpaired) electrons. The molecule has 0 atom stereocenters. The fourth-order valence-corrected chi connectivity index (χ4v) is 4.50. The molecular weight excluding hydrogens is 394 g/mol. The third kappa shape index (κ3) is 4.90. The van der Waals surface area contributed by atoms with Crippen molar-refractivity contribution in [2.45, 2.75) is 24.0 Å². The van der Waals surface area contributed by atoms with E-state index in [1.54, 1.807) is 11.3 Å². The SMILES string of the molecule is Cc1nc(NC(=O)CCc2nc(-c3ccsc3)no2)sc1SCC(N)=O. The number of thioether (sulfide) groups is 1. The van der Waals surface area contributed by atoms with Gasteiger partial charge in [0.2, 0.25) is 23.5 Å². The van der Waals surface area contributed by atoms with E-state index in [1.165, 1.54) is 23.1 Å². The van der Waals surface area contributed by atoms with Crippen LogP contribution in [0.2, 0.25) is 0 Å². The second-order valence-corrected chi connectivity index (χ2v) is 8.24. The molecule has 0 saturated heterocycles. The van der Waals surface area contributed by atoms with Gasteiger partial charge in [-0.15, -0.1) is 11.8 Å². The van der Waals surface area contributed by atoms with Crippen LogP contribution in [0.3, 0.4) is 0 Å². The minimum atomic E-state index is -0.394. The standard InChI is InChI=1S/C15H15N5O3S3/c1-8-14(25-7-10(16)21)26-15(17-8)18-11(22)2-3-12-19-13(20-23-12)9-4-5-24-6-9/h4-6H,2-3,7H2,1H3,(H2,16,21)(H,17,18,22). The van der Waals surface area contributed by atoms with Crippen LogP contribution in [0.5, 0.6) is 0 Å². The summed E-state index contributed by atoms with van der Waals surface area (Å²) in [5.74, 6) is 0.526. The van der Waals surface area contributed by atoms with Gasteiger partial charge in [0.05, 0.1) is 15.7 Å². The van der Waals surface area contributed by atoms with Crippen LogP contribution in [-0.2, 0) is 16.0 Å². The van der Waals surface area contributed by atoms with Crippen molar-refractivity contribution in [3.8, 4) is 11.4 Å². The monoisotopic (exact) mass is 409 g/mol. The van der Waals surface area contributed by atoms with Crippen LogP contribution in [0.15, 0.2) is 25.6 Å². The number of nitrogens with two attached hydrogens (primary N) is 1. The van der Waals surface area contributed by atoms with Crippen LogP contribution in [0.4, 0.5) is 5.13 Å². The van der Waals surface area contributed by atoms with Crippen molar-refractivity contribution in [2.24, 2.45) is 5.73 Å². The van der Waals surface area contributed by atoms with Gasteiger partial charge in [0.15, 0.2) is 5.13 Å². The third-order valence-electron chi connectivity index (χ3n) is 3.16. The van der Waals surface area contributed by atoms with E-state index in [2.05, 4.69) is 20.4 Å². The quantitative estimate of drug-likeness (QED) is 0.548. The average molecular weight is 410 g/mol. The molecule has 26 heavy (non-hydrogen) atoms. The van der Waals surface area contributed by atoms with Gasteiger partial charge in [0.25, 0.3) is 0 Å². The number of thiophene rings is 1. The number of aryl methyl sites for hydroxylation is 2. The van der Waals surface area contributed by atoms with Gasteiger partial charge in [-0.1, -0.05) is 16.5 Å². The van der Waals surface area contributed by atoms with Crippen LogP contribution >= 0.6 is 34.4 Å². The highest BCUT2D eigenvalue weighted by Gasteiger charge is 2.14. The zero-order chi connectivity index (χ0) is 18.5. The molecule has 3 heterocycles. The van der Waals surface area contributed by atoms with E-state index < -0.39 is 5.91 Å². The number of carbonyl (C=O) groups is 2. The Morgan fingerprint density at radius 3 is 2.96 bits per heavy atom. The van der Waals surface area contributed by atoms with Crippen molar-refractivity contribution in [2.75, 3.05) is 11.1 Å². The molecule has 0 aliphatic heterocycles. The Hall–Kier alpha value is -2.24. The molecule has 136 valence electrons. The maximum absolute atomic E-state index is 12.1. The number of rotatable bonds is 8. The summed E-state index contributed by atoms with van der Waals surface area (Å²) in [7, 11) is 0. The number of hydrogen-bond acceptors (Lipinski definition) is 9. The van der Waals surface area contributed by atoms with Gasteiger partial charge in [-0.05, 0) is 18.4 Å². The molecular formula is C15H15N5O3S3. The molecule has 3 N–H and O–H groups in total. The largest absolute Gasteiger partial charge is 0.369 e. The Balaban J connectivity index is 1.51. The van der Waals surface area contributed by atoms with Crippen LogP contribution in [0.1, 0.15) is 18.0 Å². The normalized spacial score (nSPS) is 10.8. The van der Waals surface area contributed by atoms with Crippen molar-refractivity contribution in [3.05, 3.63) is 28.4 Å². The van der Waals surface area contributed by atoms with E-state index in [9.17, 15) is 9.59 Å². The number of aromatic nitrogens is 3. The van der Waals surface area contributed by atoms with Crippen molar-refractivity contribution in [1.29, 1.82) is 0 Å². The van der Waals surface area contributed by atoms with E-state index in [0.717, 1.165) is 15.5 Å². The Bertz CT molecular complexity index is 904. The van der Waals surface area contributed by atoms with E-state index in [1.807, 2.05) is 23.8 Å². The van der Waals surface area contributed by atoms with Crippen LogP contribution in [0.25, 0.3) is 11.4 Å². The average Bonchev–Trinajstić information content (AvgIpc) is 3.32. The van der Waals surface area contributed by atoms with Gasteiger partial charge in [0, 0.05) is 23.8 Å². The van der Waals surface area contributed by atoms with Crippen LogP contribution < -0.4 is 11.1 Å². The van der Waals surface area contributed by atoms with Gasteiger partial charge in [0.1, 0.15) is 0 Å². The van der Waals surface area contributed by atoms with Gasteiger partial charge in [-0.2, -0.15) is 16.3 Å². The highest BCUT2D eigenvalue weighted by atomic mass is 32.2. The van der Waals surface area contributed by atoms with E-state index in [0.29, 0.717) is 23.3 Å². The molecule has 3 aromatic rings. The number of primary amides is 1. The first-order valence-corrected chi connectivity index (χ1v) is 10.3. The lowest BCUT2D eigenvalue weighted by Gasteiger charge is -1.98.